The Morgan fingerprint density at radius 1 is 1.14 bits per heavy atom. The van der Waals surface area contributed by atoms with Crippen LogP contribution in [0, 0.1) is 5.82 Å². The quantitative estimate of drug-likeness (QED) is 0.735. The molecule has 0 fully saturated rings. The third-order valence-electron chi connectivity index (χ3n) is 4.42. The summed E-state index contributed by atoms with van der Waals surface area (Å²) in [4.78, 5) is 22.2. The van der Waals surface area contributed by atoms with E-state index in [0.717, 1.165) is 5.56 Å². The molecule has 4 rings (SSSR count). The fourth-order valence-corrected chi connectivity index (χ4v) is 2.83. The van der Waals surface area contributed by atoms with E-state index in [4.69, 9.17) is 9.36 Å². The number of carbonyl (C=O) groups excluding carboxylic acids is 1. The van der Waals surface area contributed by atoms with Crippen LogP contribution in [-0.4, -0.2) is 27.4 Å². The molecule has 1 aliphatic heterocycles. The molecule has 0 bridgehead atoms. The molecule has 0 saturated heterocycles. The zero-order chi connectivity index (χ0) is 19.6. The maximum atomic E-state index is 13.1. The second kappa shape index (κ2) is 7.22. The number of hydrogen-bond acceptors (Lipinski definition) is 6. The minimum Gasteiger partial charge on any atom is -0.379 e. The van der Waals surface area contributed by atoms with Gasteiger partial charge in [-0.05, 0) is 36.8 Å². The first-order valence-electron chi connectivity index (χ1n) is 8.71. The summed E-state index contributed by atoms with van der Waals surface area (Å²) < 4.78 is 18.3. The molecule has 1 N–H and O–H groups in total. The molecule has 0 aliphatic carbocycles. The van der Waals surface area contributed by atoms with Crippen LogP contribution in [0.2, 0.25) is 0 Å². The molecule has 8 heteroatoms. The minimum absolute atomic E-state index is 0.0972. The molecule has 7 nitrogen and oxygen atoms in total. The van der Waals surface area contributed by atoms with Crippen molar-refractivity contribution in [3.05, 3.63) is 71.8 Å². The SMILES string of the molecule is CC1(C(=O)NCc2noc(-c3ccccc3)n2)CC(c2ccc(F)cc2)=NO1. The van der Waals surface area contributed by atoms with Gasteiger partial charge < -0.3 is 14.7 Å². The van der Waals surface area contributed by atoms with E-state index < -0.39 is 5.60 Å². The lowest BCUT2D eigenvalue weighted by Crippen LogP contribution is -2.44. The van der Waals surface area contributed by atoms with E-state index in [-0.39, 0.29) is 24.7 Å². The Labute approximate surface area is 160 Å². The lowest BCUT2D eigenvalue weighted by molar-refractivity contribution is -0.141. The van der Waals surface area contributed by atoms with Gasteiger partial charge in [-0.3, -0.25) is 4.79 Å². The van der Waals surface area contributed by atoms with Gasteiger partial charge in [0.1, 0.15) is 5.82 Å². The predicted molar refractivity (Wildman–Crippen MR) is 98.6 cm³/mol. The summed E-state index contributed by atoms with van der Waals surface area (Å²) in [7, 11) is 0. The number of amides is 1. The number of hydrogen-bond donors (Lipinski definition) is 1. The third-order valence-corrected chi connectivity index (χ3v) is 4.42. The summed E-state index contributed by atoms with van der Waals surface area (Å²) in [5.74, 6) is 0.0572. The van der Waals surface area contributed by atoms with Crippen molar-refractivity contribution < 1.29 is 18.5 Å². The van der Waals surface area contributed by atoms with E-state index in [1.807, 2.05) is 30.3 Å². The van der Waals surface area contributed by atoms with Gasteiger partial charge in [0.15, 0.2) is 5.82 Å². The highest BCUT2D eigenvalue weighted by Gasteiger charge is 2.42. The van der Waals surface area contributed by atoms with Crippen LogP contribution in [0.25, 0.3) is 11.5 Å². The van der Waals surface area contributed by atoms with Crippen LogP contribution in [0.15, 0.2) is 64.3 Å². The van der Waals surface area contributed by atoms with E-state index >= 15 is 0 Å². The molecule has 2 heterocycles. The number of nitrogens with one attached hydrogen (secondary N) is 1. The van der Waals surface area contributed by atoms with Gasteiger partial charge >= 0.3 is 0 Å². The zero-order valence-corrected chi connectivity index (χ0v) is 15.1. The number of benzene rings is 2. The van der Waals surface area contributed by atoms with Gasteiger partial charge in [-0.15, -0.1) is 0 Å². The maximum Gasteiger partial charge on any atom is 0.267 e. The van der Waals surface area contributed by atoms with Crippen molar-refractivity contribution in [2.24, 2.45) is 5.16 Å². The molecule has 0 saturated carbocycles. The van der Waals surface area contributed by atoms with Crippen molar-refractivity contribution in [1.82, 2.24) is 15.5 Å². The number of carbonyl (C=O) groups is 1. The Morgan fingerprint density at radius 3 is 2.64 bits per heavy atom. The molecular weight excluding hydrogens is 363 g/mol. The van der Waals surface area contributed by atoms with Crippen molar-refractivity contribution in [2.75, 3.05) is 0 Å². The highest BCUT2D eigenvalue weighted by Crippen LogP contribution is 2.27. The Kier molecular flexibility index (Phi) is 4.60. The van der Waals surface area contributed by atoms with Crippen LogP contribution in [-0.2, 0) is 16.2 Å². The largest absolute Gasteiger partial charge is 0.379 e. The van der Waals surface area contributed by atoms with Gasteiger partial charge in [-0.25, -0.2) is 4.39 Å². The van der Waals surface area contributed by atoms with Gasteiger partial charge in [0.05, 0.1) is 12.3 Å². The van der Waals surface area contributed by atoms with Crippen LogP contribution in [0.5, 0.6) is 0 Å². The normalized spacial score (nSPS) is 18.4. The highest BCUT2D eigenvalue weighted by molar-refractivity contribution is 6.05. The van der Waals surface area contributed by atoms with Gasteiger partial charge in [0.25, 0.3) is 11.8 Å². The molecule has 28 heavy (non-hydrogen) atoms. The second-order valence-corrected chi connectivity index (χ2v) is 6.61. The van der Waals surface area contributed by atoms with Crippen LogP contribution in [0.1, 0.15) is 24.7 Å². The Balaban J connectivity index is 1.37. The first-order valence-corrected chi connectivity index (χ1v) is 8.71. The monoisotopic (exact) mass is 380 g/mol. The standard InChI is InChI=1S/C20H17FN4O3/c1-20(11-16(24-28-20)13-7-9-15(21)10-8-13)19(26)22-12-17-23-18(27-25-17)14-5-3-2-4-6-14/h2-10H,11-12H2,1H3,(H,22,26). The van der Waals surface area contributed by atoms with E-state index in [1.54, 1.807) is 19.1 Å². The van der Waals surface area contributed by atoms with Gasteiger partial charge in [-0.1, -0.05) is 40.6 Å². The fraction of sp³-hybridized carbons (Fsp3) is 0.200. The van der Waals surface area contributed by atoms with E-state index in [9.17, 15) is 9.18 Å². The molecule has 1 atom stereocenters. The molecule has 0 radical (unpaired) electrons. The summed E-state index contributed by atoms with van der Waals surface area (Å²) in [5.41, 5.74) is 0.943. The molecule has 142 valence electrons. The molecule has 1 amide bonds. The number of halogens is 1. The van der Waals surface area contributed by atoms with Crippen molar-refractivity contribution in [3.63, 3.8) is 0 Å². The summed E-state index contributed by atoms with van der Waals surface area (Å²) in [6.45, 7) is 1.74. The van der Waals surface area contributed by atoms with E-state index in [2.05, 4.69) is 20.6 Å². The van der Waals surface area contributed by atoms with Crippen LogP contribution < -0.4 is 5.32 Å². The van der Waals surface area contributed by atoms with E-state index in [1.165, 1.54) is 12.1 Å². The molecule has 3 aromatic rings. The summed E-state index contributed by atoms with van der Waals surface area (Å²) in [5, 5.41) is 10.6. The summed E-state index contributed by atoms with van der Waals surface area (Å²) in [6.07, 6.45) is 0.270. The van der Waals surface area contributed by atoms with Gasteiger partial charge in [-0.2, -0.15) is 4.98 Å². The average molecular weight is 380 g/mol. The van der Waals surface area contributed by atoms with Crippen LogP contribution in [0.4, 0.5) is 4.39 Å². The van der Waals surface area contributed by atoms with Crippen LogP contribution >= 0.6 is 0 Å². The molecule has 2 aromatic carbocycles. The van der Waals surface area contributed by atoms with Crippen molar-refractivity contribution in [3.8, 4) is 11.5 Å². The van der Waals surface area contributed by atoms with E-state index in [0.29, 0.717) is 23.0 Å². The topological polar surface area (TPSA) is 89.6 Å². The molecule has 1 aliphatic rings. The smallest absolute Gasteiger partial charge is 0.267 e. The lowest BCUT2D eigenvalue weighted by Gasteiger charge is -2.19. The first kappa shape index (κ1) is 17.8. The number of oxime groups is 1. The van der Waals surface area contributed by atoms with Crippen LogP contribution in [0.3, 0.4) is 0 Å². The van der Waals surface area contributed by atoms with Gasteiger partial charge in [0.2, 0.25) is 5.60 Å². The van der Waals surface area contributed by atoms with Crippen molar-refractivity contribution >= 4 is 11.6 Å². The number of nitrogens with zero attached hydrogens (tertiary/aromatic N) is 3. The minimum atomic E-state index is -1.16. The molecule has 1 aromatic heterocycles. The Hall–Kier alpha value is -3.55. The van der Waals surface area contributed by atoms with Crippen molar-refractivity contribution in [1.29, 1.82) is 0 Å². The molecular formula is C20H17FN4O3. The second-order valence-electron chi connectivity index (χ2n) is 6.61. The first-order chi connectivity index (χ1) is 13.5. The molecule has 1 unspecified atom stereocenters. The fourth-order valence-electron chi connectivity index (χ4n) is 2.83. The number of rotatable bonds is 5. The summed E-state index contributed by atoms with van der Waals surface area (Å²) >= 11 is 0. The summed E-state index contributed by atoms with van der Waals surface area (Å²) in [6, 6.07) is 15.2. The Morgan fingerprint density at radius 2 is 1.89 bits per heavy atom. The van der Waals surface area contributed by atoms with Crippen molar-refractivity contribution in [2.45, 2.75) is 25.5 Å². The average Bonchev–Trinajstić information content (AvgIpc) is 3.35. The zero-order valence-electron chi connectivity index (χ0n) is 15.1. The maximum absolute atomic E-state index is 13.1. The van der Waals surface area contributed by atoms with Gasteiger partial charge in [0, 0.05) is 12.0 Å². The highest BCUT2D eigenvalue weighted by atomic mass is 19.1. The lowest BCUT2D eigenvalue weighted by atomic mass is 9.95. The predicted octanol–water partition coefficient (Wildman–Crippen LogP) is 3.08. The Bertz CT molecular complexity index is 1020. The number of aromatic nitrogens is 2. The molecule has 0 spiro atoms. The third kappa shape index (κ3) is 3.62.